The van der Waals surface area contributed by atoms with Gasteiger partial charge in [0.15, 0.2) is 0 Å². The summed E-state index contributed by atoms with van der Waals surface area (Å²) in [5.74, 6) is 3.79. The van der Waals surface area contributed by atoms with Gasteiger partial charge in [-0.1, -0.05) is 39.5 Å². The maximum Gasteiger partial charge on any atom is 0.0121 e. The van der Waals surface area contributed by atoms with E-state index in [1.165, 1.54) is 57.8 Å². The molecular weight excluding hydrogens is 218 g/mol. The fourth-order valence-corrected chi connectivity index (χ4v) is 4.83. The van der Waals surface area contributed by atoms with Gasteiger partial charge in [0.1, 0.15) is 0 Å². The van der Waals surface area contributed by atoms with Crippen LogP contribution in [0.1, 0.15) is 71.6 Å². The maximum absolute atomic E-state index is 3.71. The van der Waals surface area contributed by atoms with Crippen molar-refractivity contribution in [3.8, 4) is 0 Å². The summed E-state index contributed by atoms with van der Waals surface area (Å²) in [6.45, 7) is 4.92. The van der Waals surface area contributed by atoms with Crippen LogP contribution < -0.4 is 5.32 Å². The molecule has 0 heterocycles. The Morgan fingerprint density at radius 3 is 1.83 bits per heavy atom. The molecule has 0 aromatic rings. The van der Waals surface area contributed by atoms with E-state index < -0.39 is 0 Å². The van der Waals surface area contributed by atoms with Crippen molar-refractivity contribution in [3.63, 3.8) is 0 Å². The summed E-state index contributed by atoms with van der Waals surface area (Å²) in [5.41, 5.74) is 0. The molecule has 2 saturated carbocycles. The van der Waals surface area contributed by atoms with Gasteiger partial charge in [-0.2, -0.15) is 0 Å². The molecule has 2 aliphatic carbocycles. The Morgan fingerprint density at radius 1 is 0.778 bits per heavy atom. The molecule has 0 amide bonds. The Balaban J connectivity index is 1.97. The summed E-state index contributed by atoms with van der Waals surface area (Å²) in [6, 6.07) is 0.799. The second-order valence-electron chi connectivity index (χ2n) is 7.24. The molecule has 2 fully saturated rings. The minimum Gasteiger partial charge on any atom is -0.316 e. The van der Waals surface area contributed by atoms with E-state index in [2.05, 4.69) is 26.2 Å². The van der Waals surface area contributed by atoms with Gasteiger partial charge >= 0.3 is 0 Å². The van der Waals surface area contributed by atoms with Crippen LogP contribution in [0.4, 0.5) is 0 Å². The van der Waals surface area contributed by atoms with Crippen molar-refractivity contribution >= 4 is 0 Å². The first-order chi connectivity index (χ1) is 8.70. The molecule has 2 rings (SSSR count). The first kappa shape index (κ1) is 14.4. The quantitative estimate of drug-likeness (QED) is 0.722. The van der Waals surface area contributed by atoms with Crippen molar-refractivity contribution in [3.05, 3.63) is 0 Å². The van der Waals surface area contributed by atoms with Crippen molar-refractivity contribution in [2.75, 3.05) is 7.05 Å². The third-order valence-corrected chi connectivity index (χ3v) is 5.46. The molecule has 0 aromatic carbocycles. The smallest absolute Gasteiger partial charge is 0.0121 e. The highest BCUT2D eigenvalue weighted by Crippen LogP contribution is 2.39. The van der Waals surface area contributed by atoms with E-state index in [-0.39, 0.29) is 0 Å². The highest BCUT2D eigenvalue weighted by Gasteiger charge is 2.33. The molecule has 0 radical (unpaired) electrons. The van der Waals surface area contributed by atoms with Crippen molar-refractivity contribution < 1.29 is 0 Å². The van der Waals surface area contributed by atoms with Gasteiger partial charge in [0.05, 0.1) is 0 Å². The first-order valence-corrected chi connectivity index (χ1v) is 8.38. The Morgan fingerprint density at radius 2 is 1.33 bits per heavy atom. The first-order valence-electron chi connectivity index (χ1n) is 8.38. The van der Waals surface area contributed by atoms with Crippen molar-refractivity contribution in [2.45, 2.75) is 77.7 Å². The molecular formula is C17H33N. The van der Waals surface area contributed by atoms with Crippen LogP contribution in [-0.2, 0) is 0 Å². The summed E-state index contributed by atoms with van der Waals surface area (Å²) in [4.78, 5) is 0. The fraction of sp³-hybridized carbons (Fsp3) is 1.00. The second-order valence-corrected chi connectivity index (χ2v) is 7.24. The molecule has 0 bridgehead atoms. The lowest BCUT2D eigenvalue weighted by Crippen LogP contribution is -2.43. The Hall–Kier alpha value is -0.0400. The molecule has 1 N–H and O–H groups in total. The Kier molecular flexibility index (Phi) is 5.54. The van der Waals surface area contributed by atoms with Crippen LogP contribution in [0.25, 0.3) is 0 Å². The van der Waals surface area contributed by atoms with Crippen LogP contribution in [0.3, 0.4) is 0 Å². The number of hydrogen-bond acceptors (Lipinski definition) is 1. The molecule has 2 aliphatic rings. The third-order valence-electron chi connectivity index (χ3n) is 5.46. The highest BCUT2D eigenvalue weighted by atomic mass is 14.9. The van der Waals surface area contributed by atoms with Crippen LogP contribution in [0.5, 0.6) is 0 Å². The van der Waals surface area contributed by atoms with E-state index in [4.69, 9.17) is 0 Å². The van der Waals surface area contributed by atoms with Gasteiger partial charge in [-0.05, 0) is 62.8 Å². The summed E-state index contributed by atoms with van der Waals surface area (Å²) in [5, 5.41) is 3.71. The second kappa shape index (κ2) is 6.93. The van der Waals surface area contributed by atoms with Gasteiger partial charge in [-0.15, -0.1) is 0 Å². The van der Waals surface area contributed by atoms with Crippen LogP contribution in [0.15, 0.2) is 0 Å². The van der Waals surface area contributed by atoms with Crippen molar-refractivity contribution in [1.82, 2.24) is 5.32 Å². The van der Waals surface area contributed by atoms with Gasteiger partial charge in [-0.25, -0.2) is 0 Å². The van der Waals surface area contributed by atoms with E-state index >= 15 is 0 Å². The SMILES string of the molecule is CNC(C1CCCCCC1)C1CC(C)CC(C)C1. The standard InChI is InChI=1S/C17H33N/c1-13-10-14(2)12-16(11-13)17(18-3)15-8-6-4-5-7-9-15/h13-18H,4-12H2,1-3H3. The molecule has 0 aliphatic heterocycles. The van der Waals surface area contributed by atoms with E-state index in [1.807, 2.05) is 0 Å². The van der Waals surface area contributed by atoms with Gasteiger partial charge in [0.25, 0.3) is 0 Å². The number of hydrogen-bond donors (Lipinski definition) is 1. The largest absolute Gasteiger partial charge is 0.316 e. The number of nitrogens with one attached hydrogen (secondary N) is 1. The molecule has 3 unspecified atom stereocenters. The Labute approximate surface area is 114 Å². The summed E-state index contributed by atoms with van der Waals surface area (Å²) in [6.07, 6.45) is 13.2. The van der Waals surface area contributed by atoms with E-state index in [9.17, 15) is 0 Å². The van der Waals surface area contributed by atoms with Crippen molar-refractivity contribution in [2.24, 2.45) is 23.7 Å². The van der Waals surface area contributed by atoms with Gasteiger partial charge < -0.3 is 5.32 Å². The summed E-state index contributed by atoms with van der Waals surface area (Å²) < 4.78 is 0. The zero-order chi connectivity index (χ0) is 13.0. The predicted molar refractivity (Wildman–Crippen MR) is 79.7 cm³/mol. The van der Waals surface area contributed by atoms with Crippen molar-refractivity contribution in [1.29, 1.82) is 0 Å². The van der Waals surface area contributed by atoms with E-state index in [1.54, 1.807) is 0 Å². The van der Waals surface area contributed by atoms with E-state index in [0.29, 0.717) is 0 Å². The minimum atomic E-state index is 0.799. The lowest BCUT2D eigenvalue weighted by molar-refractivity contribution is 0.141. The van der Waals surface area contributed by atoms with Gasteiger partial charge in [0, 0.05) is 6.04 Å². The summed E-state index contributed by atoms with van der Waals surface area (Å²) >= 11 is 0. The van der Waals surface area contributed by atoms with Crippen LogP contribution in [0.2, 0.25) is 0 Å². The zero-order valence-electron chi connectivity index (χ0n) is 12.8. The van der Waals surface area contributed by atoms with Crippen LogP contribution in [0, 0.1) is 23.7 Å². The van der Waals surface area contributed by atoms with Crippen LogP contribution in [-0.4, -0.2) is 13.1 Å². The lowest BCUT2D eigenvalue weighted by atomic mass is 9.70. The van der Waals surface area contributed by atoms with Crippen LogP contribution >= 0.6 is 0 Å². The molecule has 1 heteroatoms. The maximum atomic E-state index is 3.71. The molecule has 0 spiro atoms. The summed E-state index contributed by atoms with van der Waals surface area (Å²) in [7, 11) is 2.21. The minimum absolute atomic E-state index is 0.799. The molecule has 0 saturated heterocycles. The molecule has 0 aromatic heterocycles. The fourth-order valence-electron chi connectivity index (χ4n) is 4.83. The monoisotopic (exact) mass is 251 g/mol. The Bertz CT molecular complexity index is 220. The van der Waals surface area contributed by atoms with Gasteiger partial charge in [-0.3, -0.25) is 0 Å². The average molecular weight is 251 g/mol. The molecule has 18 heavy (non-hydrogen) atoms. The molecule has 1 nitrogen and oxygen atoms in total. The topological polar surface area (TPSA) is 12.0 Å². The zero-order valence-corrected chi connectivity index (χ0v) is 12.8. The molecule has 106 valence electrons. The molecule has 3 atom stereocenters. The third kappa shape index (κ3) is 3.73. The highest BCUT2D eigenvalue weighted by molar-refractivity contribution is 4.88. The average Bonchev–Trinajstić information content (AvgIpc) is 2.58. The lowest BCUT2D eigenvalue weighted by Gasteiger charge is -2.40. The van der Waals surface area contributed by atoms with E-state index in [0.717, 1.165) is 29.7 Å². The number of rotatable bonds is 3. The van der Waals surface area contributed by atoms with Gasteiger partial charge in [0.2, 0.25) is 0 Å². The predicted octanol–water partition coefficient (Wildman–Crippen LogP) is 4.62. The normalized spacial score (nSPS) is 37.2.